The predicted molar refractivity (Wildman–Crippen MR) is 80.5 cm³/mol. The molecule has 0 saturated carbocycles. The van der Waals surface area contributed by atoms with Crippen LogP contribution in [0.25, 0.3) is 0 Å². The van der Waals surface area contributed by atoms with Gasteiger partial charge in [-0.1, -0.05) is 0 Å². The van der Waals surface area contributed by atoms with Crippen LogP contribution in [0.3, 0.4) is 0 Å². The van der Waals surface area contributed by atoms with Crippen LogP contribution in [0.15, 0.2) is 18.2 Å². The Morgan fingerprint density at radius 1 is 1.25 bits per heavy atom. The van der Waals surface area contributed by atoms with Crippen LogP contribution in [-0.4, -0.2) is 43.4 Å². The van der Waals surface area contributed by atoms with Crippen LogP contribution in [0.2, 0.25) is 0 Å². The van der Waals surface area contributed by atoms with Crippen molar-refractivity contribution in [3.8, 4) is 0 Å². The summed E-state index contributed by atoms with van der Waals surface area (Å²) in [5, 5.41) is 0. The summed E-state index contributed by atoms with van der Waals surface area (Å²) in [7, 11) is 3.69. The summed E-state index contributed by atoms with van der Waals surface area (Å²) in [5.74, 6) is -0.794. The SMILES string of the molecule is CC(C)N(CC(N)=O)C(=O)c1cc(N)ccc1N(C)C. The average molecular weight is 278 g/mol. The molecule has 0 atom stereocenters. The molecule has 110 valence electrons. The highest BCUT2D eigenvalue weighted by molar-refractivity contribution is 6.02. The van der Waals surface area contributed by atoms with E-state index in [-0.39, 0.29) is 18.5 Å². The average Bonchev–Trinajstić information content (AvgIpc) is 2.34. The van der Waals surface area contributed by atoms with E-state index in [0.29, 0.717) is 11.3 Å². The summed E-state index contributed by atoms with van der Waals surface area (Å²) >= 11 is 0. The normalized spacial score (nSPS) is 10.4. The number of hydrogen-bond acceptors (Lipinski definition) is 4. The minimum atomic E-state index is -0.539. The molecule has 0 heterocycles. The Bertz CT molecular complexity index is 512. The number of amides is 2. The lowest BCUT2D eigenvalue weighted by atomic mass is 10.1. The first-order valence-electron chi connectivity index (χ1n) is 6.40. The monoisotopic (exact) mass is 278 g/mol. The van der Waals surface area contributed by atoms with Crippen LogP contribution in [0.1, 0.15) is 24.2 Å². The Morgan fingerprint density at radius 3 is 2.30 bits per heavy atom. The van der Waals surface area contributed by atoms with Crippen LogP contribution in [-0.2, 0) is 4.79 Å². The van der Waals surface area contributed by atoms with E-state index in [1.165, 1.54) is 4.90 Å². The lowest BCUT2D eigenvalue weighted by molar-refractivity contribution is -0.119. The maximum Gasteiger partial charge on any atom is 0.256 e. The second-order valence-corrected chi connectivity index (χ2v) is 5.16. The van der Waals surface area contributed by atoms with Crippen molar-refractivity contribution in [2.24, 2.45) is 5.73 Å². The predicted octanol–water partition coefficient (Wildman–Crippen LogP) is 0.671. The van der Waals surface area contributed by atoms with Crippen molar-refractivity contribution >= 4 is 23.2 Å². The first-order chi connectivity index (χ1) is 9.23. The number of nitrogens with zero attached hydrogens (tertiary/aromatic N) is 2. The molecular weight excluding hydrogens is 256 g/mol. The summed E-state index contributed by atoms with van der Waals surface area (Å²) in [6, 6.07) is 5.01. The fraction of sp³-hybridized carbons (Fsp3) is 0.429. The molecule has 0 bridgehead atoms. The largest absolute Gasteiger partial charge is 0.399 e. The Morgan fingerprint density at radius 2 is 1.85 bits per heavy atom. The summed E-state index contributed by atoms with van der Waals surface area (Å²) in [6.07, 6.45) is 0. The Balaban J connectivity index is 3.23. The van der Waals surface area contributed by atoms with Gasteiger partial charge in [0.15, 0.2) is 0 Å². The molecule has 1 aromatic carbocycles. The van der Waals surface area contributed by atoms with Gasteiger partial charge in [-0.3, -0.25) is 9.59 Å². The molecule has 1 aromatic rings. The molecule has 2 amide bonds. The Kier molecular flexibility index (Phi) is 4.96. The van der Waals surface area contributed by atoms with E-state index < -0.39 is 5.91 Å². The second-order valence-electron chi connectivity index (χ2n) is 5.16. The van der Waals surface area contributed by atoms with Gasteiger partial charge in [0, 0.05) is 31.5 Å². The topological polar surface area (TPSA) is 92.7 Å². The molecule has 0 aliphatic heterocycles. The maximum absolute atomic E-state index is 12.6. The molecule has 0 fully saturated rings. The molecule has 0 saturated heterocycles. The molecule has 0 unspecified atom stereocenters. The quantitative estimate of drug-likeness (QED) is 0.774. The zero-order chi connectivity index (χ0) is 15.4. The van der Waals surface area contributed by atoms with E-state index in [4.69, 9.17) is 11.5 Å². The zero-order valence-corrected chi connectivity index (χ0v) is 12.4. The third-order valence-electron chi connectivity index (χ3n) is 2.94. The lowest BCUT2D eigenvalue weighted by Gasteiger charge is -2.27. The van der Waals surface area contributed by atoms with Crippen LogP contribution < -0.4 is 16.4 Å². The number of nitrogens with two attached hydrogens (primary N) is 2. The third-order valence-corrected chi connectivity index (χ3v) is 2.94. The van der Waals surface area contributed by atoms with Crippen LogP contribution in [0.5, 0.6) is 0 Å². The van der Waals surface area contributed by atoms with Crippen molar-refractivity contribution in [1.29, 1.82) is 0 Å². The van der Waals surface area contributed by atoms with E-state index in [2.05, 4.69) is 0 Å². The highest BCUT2D eigenvalue weighted by atomic mass is 16.2. The molecule has 6 heteroatoms. The van der Waals surface area contributed by atoms with E-state index in [9.17, 15) is 9.59 Å². The summed E-state index contributed by atoms with van der Waals surface area (Å²) in [6.45, 7) is 3.56. The Hall–Kier alpha value is -2.24. The number of anilines is 2. The molecule has 20 heavy (non-hydrogen) atoms. The molecule has 0 aromatic heterocycles. The number of carbonyl (C=O) groups excluding carboxylic acids is 2. The molecule has 0 radical (unpaired) electrons. The summed E-state index contributed by atoms with van der Waals surface area (Å²) in [5.41, 5.74) is 12.7. The Labute approximate surface area is 119 Å². The second kappa shape index (κ2) is 6.27. The van der Waals surface area contributed by atoms with Gasteiger partial charge >= 0.3 is 0 Å². The zero-order valence-electron chi connectivity index (χ0n) is 12.4. The first-order valence-corrected chi connectivity index (χ1v) is 6.40. The van der Waals surface area contributed by atoms with Crippen molar-refractivity contribution in [3.63, 3.8) is 0 Å². The highest BCUT2D eigenvalue weighted by Crippen LogP contribution is 2.23. The number of rotatable bonds is 5. The van der Waals surface area contributed by atoms with Gasteiger partial charge in [0.2, 0.25) is 5.91 Å². The molecular formula is C14H22N4O2. The lowest BCUT2D eigenvalue weighted by Crippen LogP contribution is -2.43. The van der Waals surface area contributed by atoms with Crippen LogP contribution in [0.4, 0.5) is 11.4 Å². The maximum atomic E-state index is 12.6. The van der Waals surface area contributed by atoms with Gasteiger partial charge in [-0.15, -0.1) is 0 Å². The molecule has 4 N–H and O–H groups in total. The van der Waals surface area contributed by atoms with Crippen LogP contribution in [0, 0.1) is 0 Å². The van der Waals surface area contributed by atoms with E-state index in [0.717, 1.165) is 5.69 Å². The van der Waals surface area contributed by atoms with Gasteiger partial charge < -0.3 is 21.3 Å². The summed E-state index contributed by atoms with van der Waals surface area (Å²) < 4.78 is 0. The van der Waals surface area contributed by atoms with Crippen molar-refractivity contribution in [2.75, 3.05) is 31.3 Å². The number of primary amides is 1. The smallest absolute Gasteiger partial charge is 0.256 e. The van der Waals surface area contributed by atoms with Crippen LogP contribution >= 0.6 is 0 Å². The molecule has 0 aliphatic rings. The molecule has 0 aliphatic carbocycles. The molecule has 1 rings (SSSR count). The number of carbonyl (C=O) groups is 2. The minimum Gasteiger partial charge on any atom is -0.399 e. The van der Waals surface area contributed by atoms with Crippen molar-refractivity contribution in [2.45, 2.75) is 19.9 Å². The van der Waals surface area contributed by atoms with Gasteiger partial charge in [-0.25, -0.2) is 0 Å². The van der Waals surface area contributed by atoms with Crippen molar-refractivity contribution in [3.05, 3.63) is 23.8 Å². The fourth-order valence-corrected chi connectivity index (χ4v) is 1.93. The van der Waals surface area contributed by atoms with Gasteiger partial charge in [-0.05, 0) is 32.0 Å². The minimum absolute atomic E-state index is 0.113. The van der Waals surface area contributed by atoms with Gasteiger partial charge in [0.05, 0.1) is 12.1 Å². The highest BCUT2D eigenvalue weighted by Gasteiger charge is 2.23. The van der Waals surface area contributed by atoms with E-state index in [1.54, 1.807) is 18.2 Å². The van der Waals surface area contributed by atoms with E-state index in [1.807, 2.05) is 32.8 Å². The van der Waals surface area contributed by atoms with E-state index >= 15 is 0 Å². The first kappa shape index (κ1) is 15.8. The van der Waals surface area contributed by atoms with Gasteiger partial charge in [-0.2, -0.15) is 0 Å². The van der Waals surface area contributed by atoms with Gasteiger partial charge in [0.1, 0.15) is 0 Å². The third kappa shape index (κ3) is 3.63. The molecule has 6 nitrogen and oxygen atoms in total. The van der Waals surface area contributed by atoms with Crippen molar-refractivity contribution in [1.82, 2.24) is 4.90 Å². The number of nitrogen functional groups attached to an aromatic ring is 1. The number of hydrogen-bond donors (Lipinski definition) is 2. The standard InChI is InChI=1S/C14H22N4O2/c1-9(2)18(8-13(16)19)14(20)11-7-10(15)5-6-12(11)17(3)4/h5-7,9H,8,15H2,1-4H3,(H2,16,19). The van der Waals surface area contributed by atoms with Gasteiger partial charge in [0.25, 0.3) is 5.91 Å². The summed E-state index contributed by atoms with van der Waals surface area (Å²) in [4.78, 5) is 27.0. The number of benzene rings is 1. The van der Waals surface area contributed by atoms with Crippen molar-refractivity contribution < 1.29 is 9.59 Å². The fourth-order valence-electron chi connectivity index (χ4n) is 1.93. The molecule has 0 spiro atoms.